The maximum absolute atomic E-state index is 14.0. The number of fused-ring (bicyclic) bond motifs is 3. The van der Waals surface area contributed by atoms with Crippen molar-refractivity contribution in [1.82, 2.24) is 4.31 Å². The number of anilines is 3. The molecule has 3 aromatic carbocycles. The summed E-state index contributed by atoms with van der Waals surface area (Å²) < 4.78 is 16.1. The van der Waals surface area contributed by atoms with Crippen molar-refractivity contribution in [2.45, 2.75) is 81.8 Å². The fourth-order valence-electron chi connectivity index (χ4n) is 6.65. The van der Waals surface area contributed by atoms with Crippen LogP contribution in [0, 0.1) is 13.8 Å². The van der Waals surface area contributed by atoms with Crippen LogP contribution < -0.4 is 21.5 Å². The van der Waals surface area contributed by atoms with Gasteiger partial charge in [0.05, 0.1) is 47.9 Å². The summed E-state index contributed by atoms with van der Waals surface area (Å²) in [4.78, 5) is 15.4. The van der Waals surface area contributed by atoms with Gasteiger partial charge in [-0.3, -0.25) is 4.79 Å². The Hall–Kier alpha value is -3.24. The van der Waals surface area contributed by atoms with Crippen LogP contribution in [0.15, 0.2) is 59.5 Å². The normalized spacial score (nSPS) is 21.3. The van der Waals surface area contributed by atoms with Crippen molar-refractivity contribution in [3.05, 3.63) is 82.4 Å². The van der Waals surface area contributed by atoms with Crippen molar-refractivity contribution in [2.24, 2.45) is 5.84 Å². The lowest BCUT2D eigenvalue weighted by Crippen LogP contribution is -2.45. The fraction of sp³-hybridized carbons (Fsp3) is 0.424. The van der Waals surface area contributed by atoms with Gasteiger partial charge in [0.1, 0.15) is 0 Å². The third-order valence-corrected chi connectivity index (χ3v) is 10.7. The summed E-state index contributed by atoms with van der Waals surface area (Å²) in [5.74, 6) is 5.08. The van der Waals surface area contributed by atoms with Gasteiger partial charge in [0.25, 0.3) is 0 Å². The number of hydrogen-bond acceptors (Lipinski definition) is 7. The molecule has 42 heavy (non-hydrogen) atoms. The maximum Gasteiger partial charge on any atom is 0.304 e. The van der Waals surface area contributed by atoms with Gasteiger partial charge in [-0.1, -0.05) is 36.4 Å². The number of nitrogen functional groups attached to an aromatic ring is 1. The van der Waals surface area contributed by atoms with E-state index in [0.29, 0.717) is 24.3 Å². The number of nitrogens with two attached hydrogens (primary N) is 2. The summed E-state index contributed by atoms with van der Waals surface area (Å²) in [7, 11) is 0. The van der Waals surface area contributed by atoms with Crippen molar-refractivity contribution in [1.29, 1.82) is 0 Å². The van der Waals surface area contributed by atoms with Crippen LogP contribution in [0.2, 0.25) is 0 Å². The Kier molecular flexibility index (Phi) is 8.11. The number of hydrazine groups is 1. The van der Waals surface area contributed by atoms with E-state index in [1.165, 1.54) is 6.42 Å². The Balaban J connectivity index is 1.33. The standard InChI is InChI=1S/C33H41N5O3S/c1-21-10-11-23(28(18-32(39)40)27-14-15-30(33(34)22(27)2)38(35)25-12-13-25)17-24(21)19-36-20-26-7-5-6-16-37(26)29-8-3-4-9-31(29)42(36)41/h3-4,8-11,14-15,17,25-26,28H,5-7,12-13,16,18-20,34-35H2,1-2H3,(H,39,40)/t26-,28?,42?/m0/s1. The largest absolute Gasteiger partial charge is 0.593 e. The van der Waals surface area contributed by atoms with E-state index in [4.69, 9.17) is 11.6 Å². The fourth-order valence-corrected chi connectivity index (χ4v) is 8.05. The van der Waals surface area contributed by atoms with Crippen molar-refractivity contribution >= 4 is 34.4 Å². The molecule has 3 aromatic rings. The predicted molar refractivity (Wildman–Crippen MR) is 169 cm³/mol. The predicted octanol–water partition coefficient (Wildman–Crippen LogP) is 5.23. The zero-order valence-corrected chi connectivity index (χ0v) is 25.3. The molecule has 5 N–H and O–H groups in total. The van der Waals surface area contributed by atoms with Crippen LogP contribution in [0.25, 0.3) is 0 Å². The first-order valence-electron chi connectivity index (χ1n) is 15.0. The highest BCUT2D eigenvalue weighted by atomic mass is 32.2. The Labute approximate surface area is 251 Å². The zero-order chi connectivity index (χ0) is 29.5. The summed E-state index contributed by atoms with van der Waals surface area (Å²) in [6.07, 6.45) is 5.46. The Bertz CT molecular complexity index is 1480. The van der Waals surface area contributed by atoms with E-state index in [1.54, 1.807) is 5.01 Å². The second kappa shape index (κ2) is 11.8. The quantitative estimate of drug-likeness (QED) is 0.142. The molecule has 0 spiro atoms. The number of aryl methyl sites for hydroxylation is 1. The minimum atomic E-state index is -1.31. The van der Waals surface area contributed by atoms with Crippen LogP contribution in [0.3, 0.4) is 0 Å². The number of piperidine rings is 1. The molecule has 9 heteroatoms. The first kappa shape index (κ1) is 28.9. The molecule has 0 radical (unpaired) electrons. The highest BCUT2D eigenvalue weighted by Gasteiger charge is 2.38. The Morgan fingerprint density at radius 3 is 2.67 bits per heavy atom. The van der Waals surface area contributed by atoms with Gasteiger partial charge in [-0.25, -0.2) is 5.84 Å². The van der Waals surface area contributed by atoms with Gasteiger partial charge >= 0.3 is 5.97 Å². The van der Waals surface area contributed by atoms with Crippen LogP contribution in [0.5, 0.6) is 0 Å². The Morgan fingerprint density at radius 2 is 1.90 bits per heavy atom. The molecule has 2 aliphatic heterocycles. The molecule has 3 aliphatic rings. The lowest BCUT2D eigenvalue weighted by molar-refractivity contribution is -0.137. The minimum Gasteiger partial charge on any atom is -0.593 e. The number of para-hydroxylation sites is 1. The monoisotopic (exact) mass is 587 g/mol. The zero-order valence-electron chi connectivity index (χ0n) is 24.5. The topological polar surface area (TPSA) is 122 Å². The van der Waals surface area contributed by atoms with Crippen LogP contribution in [0.4, 0.5) is 17.1 Å². The van der Waals surface area contributed by atoms with Crippen molar-refractivity contribution < 1.29 is 14.5 Å². The van der Waals surface area contributed by atoms with Crippen molar-refractivity contribution in [2.75, 3.05) is 28.7 Å². The average molecular weight is 588 g/mol. The van der Waals surface area contributed by atoms with Crippen LogP contribution >= 0.6 is 0 Å². The van der Waals surface area contributed by atoms with Crippen LogP contribution in [0.1, 0.15) is 72.3 Å². The van der Waals surface area contributed by atoms with Gasteiger partial charge in [0, 0.05) is 24.5 Å². The smallest absolute Gasteiger partial charge is 0.304 e. The summed E-state index contributed by atoms with van der Waals surface area (Å²) in [5, 5.41) is 11.7. The summed E-state index contributed by atoms with van der Waals surface area (Å²) in [6.45, 7) is 6.25. The molecule has 2 fully saturated rings. The average Bonchev–Trinajstić information content (AvgIpc) is 3.84. The minimum absolute atomic E-state index is 0.0584. The molecule has 0 bridgehead atoms. The highest BCUT2D eigenvalue weighted by Crippen LogP contribution is 2.40. The van der Waals surface area contributed by atoms with Gasteiger partial charge in [-0.15, -0.1) is 4.31 Å². The molecule has 3 atom stereocenters. The van der Waals surface area contributed by atoms with Gasteiger partial charge in [-0.05, 0) is 92.0 Å². The molecule has 6 rings (SSSR count). The molecule has 8 nitrogen and oxygen atoms in total. The molecule has 2 heterocycles. The molecule has 2 unspecified atom stereocenters. The number of aliphatic carboxylic acids is 1. The highest BCUT2D eigenvalue weighted by molar-refractivity contribution is 7.89. The van der Waals surface area contributed by atoms with E-state index in [2.05, 4.69) is 34.3 Å². The van der Waals surface area contributed by atoms with Crippen LogP contribution in [-0.4, -0.2) is 45.1 Å². The molecule has 1 saturated heterocycles. The molecule has 222 valence electrons. The molecule has 1 aliphatic carbocycles. The van der Waals surface area contributed by atoms with E-state index in [9.17, 15) is 14.5 Å². The Morgan fingerprint density at radius 1 is 1.12 bits per heavy atom. The number of rotatable bonds is 8. The molecule has 1 saturated carbocycles. The van der Waals surface area contributed by atoms with Gasteiger partial charge in [0.15, 0.2) is 4.90 Å². The number of carboxylic acids is 1. The lowest BCUT2D eigenvalue weighted by Gasteiger charge is -2.36. The van der Waals surface area contributed by atoms with Crippen molar-refractivity contribution in [3.8, 4) is 0 Å². The second-order valence-corrected chi connectivity index (χ2v) is 13.5. The molecular formula is C33H41N5O3S. The van der Waals surface area contributed by atoms with E-state index < -0.39 is 17.3 Å². The van der Waals surface area contributed by atoms with Gasteiger partial charge in [-0.2, -0.15) is 0 Å². The molecule has 0 amide bonds. The summed E-state index contributed by atoms with van der Waals surface area (Å²) in [6, 6.07) is 18.8. The number of carboxylic acid groups (broad SMARTS) is 1. The lowest BCUT2D eigenvalue weighted by atomic mass is 9.84. The molecular weight excluding hydrogens is 546 g/mol. The maximum atomic E-state index is 14.0. The first-order chi connectivity index (χ1) is 20.2. The third-order valence-electron chi connectivity index (χ3n) is 9.27. The summed E-state index contributed by atoms with van der Waals surface area (Å²) in [5.41, 5.74) is 13.9. The SMILES string of the molecule is Cc1ccc(C(CC(=O)O)c2ccc(N(N)C3CC3)c(N)c2C)cc1CN1C[C@@H]2CCCCN2c2ccccc2[S+]1[O-]. The van der Waals surface area contributed by atoms with Crippen LogP contribution in [-0.2, 0) is 22.7 Å². The number of nitrogens with zero attached hydrogens (tertiary/aromatic N) is 3. The second-order valence-electron chi connectivity index (χ2n) is 12.1. The number of benzene rings is 3. The molecule has 0 aromatic heterocycles. The van der Waals surface area contributed by atoms with E-state index in [0.717, 1.165) is 82.9 Å². The van der Waals surface area contributed by atoms with E-state index in [1.807, 2.05) is 43.3 Å². The van der Waals surface area contributed by atoms with Crippen molar-refractivity contribution in [3.63, 3.8) is 0 Å². The summed E-state index contributed by atoms with van der Waals surface area (Å²) >= 11 is -1.31. The number of hydrogen-bond donors (Lipinski definition) is 3. The van der Waals surface area contributed by atoms with Gasteiger partial charge in [0.2, 0.25) is 0 Å². The first-order valence-corrected chi connectivity index (χ1v) is 16.1. The third kappa shape index (κ3) is 5.58. The van der Waals surface area contributed by atoms with E-state index in [-0.39, 0.29) is 12.3 Å². The van der Waals surface area contributed by atoms with Gasteiger partial charge < -0.3 is 25.3 Å². The number of carbonyl (C=O) groups is 1. The van der Waals surface area contributed by atoms with E-state index >= 15 is 0 Å².